The maximum atomic E-state index is 15.0. The van der Waals surface area contributed by atoms with Gasteiger partial charge in [0.1, 0.15) is 36.3 Å². The monoisotopic (exact) mass is 589 g/mol. The summed E-state index contributed by atoms with van der Waals surface area (Å²) < 4.78 is 86.6. The van der Waals surface area contributed by atoms with E-state index >= 15 is 0 Å². The molecule has 3 heterocycles. The van der Waals surface area contributed by atoms with Crippen LogP contribution >= 0.6 is 0 Å². The molecule has 2 aliphatic rings. The molecule has 2 saturated carbocycles. The zero-order valence-corrected chi connectivity index (χ0v) is 21.5. The Bertz CT molecular complexity index is 1380. The van der Waals surface area contributed by atoms with Crippen LogP contribution in [0.5, 0.6) is 0 Å². The van der Waals surface area contributed by atoms with Crippen molar-refractivity contribution in [2.45, 2.75) is 70.3 Å². The third kappa shape index (κ3) is 6.67. The maximum absolute atomic E-state index is 15.0. The van der Waals surface area contributed by atoms with Crippen LogP contribution in [0.4, 0.5) is 32.0 Å². The molecule has 3 aromatic rings. The number of hydrogen-bond acceptors (Lipinski definition) is 8. The van der Waals surface area contributed by atoms with Gasteiger partial charge in [-0.3, -0.25) is 14.3 Å². The largest absolute Gasteiger partial charge is 0.406 e. The Morgan fingerprint density at radius 2 is 1.83 bits per heavy atom. The van der Waals surface area contributed by atoms with Crippen LogP contribution in [-0.4, -0.2) is 65.3 Å². The summed E-state index contributed by atoms with van der Waals surface area (Å²) in [6, 6.07) is -2.74. The summed E-state index contributed by atoms with van der Waals surface area (Å²) in [5.41, 5.74) is -0.434. The van der Waals surface area contributed by atoms with Crippen LogP contribution in [0.15, 0.2) is 17.2 Å². The SMILES string of the molecule is Cc1nonc1C(=O)N[C@H](C(=O)Nc1cn([C@@H](CC(F)F)c2nncn2CC(F)(F)F)nc1F)C(C1CC1)C1CC1. The van der Waals surface area contributed by atoms with Crippen molar-refractivity contribution in [3.63, 3.8) is 0 Å². The lowest BCUT2D eigenvalue weighted by atomic mass is 9.88. The first-order valence-electron chi connectivity index (χ1n) is 12.8. The van der Waals surface area contributed by atoms with Crippen molar-refractivity contribution >= 4 is 17.5 Å². The number of aromatic nitrogens is 7. The highest BCUT2D eigenvalue weighted by Crippen LogP contribution is 2.51. The lowest BCUT2D eigenvalue weighted by Gasteiger charge is -2.27. The second-order valence-electron chi connectivity index (χ2n) is 10.3. The Hall–Kier alpha value is -3.99. The minimum absolute atomic E-state index is 0.120. The van der Waals surface area contributed by atoms with Crippen LogP contribution in [0.3, 0.4) is 0 Å². The van der Waals surface area contributed by atoms with Gasteiger partial charge in [0.25, 0.3) is 11.9 Å². The fourth-order valence-corrected chi connectivity index (χ4v) is 5.04. The summed E-state index contributed by atoms with van der Waals surface area (Å²) in [5.74, 6) is -3.20. The minimum Gasteiger partial charge on any atom is -0.338 e. The summed E-state index contributed by atoms with van der Waals surface area (Å²) in [5, 5.41) is 22.6. The molecular weight excluding hydrogens is 564 g/mol. The van der Waals surface area contributed by atoms with Crippen LogP contribution in [0.25, 0.3) is 0 Å². The maximum Gasteiger partial charge on any atom is 0.406 e. The van der Waals surface area contributed by atoms with E-state index in [1.165, 1.54) is 6.92 Å². The zero-order chi connectivity index (χ0) is 29.5. The van der Waals surface area contributed by atoms with E-state index in [0.29, 0.717) is 9.25 Å². The summed E-state index contributed by atoms with van der Waals surface area (Å²) in [6.07, 6.45) is -3.76. The summed E-state index contributed by atoms with van der Waals surface area (Å²) >= 11 is 0. The van der Waals surface area contributed by atoms with Crippen LogP contribution < -0.4 is 10.6 Å². The van der Waals surface area contributed by atoms with E-state index in [0.717, 1.165) is 38.2 Å². The molecule has 2 amide bonds. The number of alkyl halides is 5. The van der Waals surface area contributed by atoms with Gasteiger partial charge in [0.05, 0.1) is 6.20 Å². The van der Waals surface area contributed by atoms with Gasteiger partial charge in [0.15, 0.2) is 11.5 Å². The number of carbonyl (C=O) groups excluding carboxylic acids is 2. The Balaban J connectivity index is 1.40. The third-order valence-corrected chi connectivity index (χ3v) is 7.11. The molecule has 2 atom stereocenters. The first kappa shape index (κ1) is 28.5. The molecule has 18 heteroatoms. The Morgan fingerprint density at radius 3 is 2.39 bits per heavy atom. The van der Waals surface area contributed by atoms with E-state index in [2.05, 4.69) is 40.9 Å². The van der Waals surface area contributed by atoms with Crippen molar-refractivity contribution in [3.05, 3.63) is 35.7 Å². The highest BCUT2D eigenvalue weighted by molar-refractivity contribution is 6.01. The normalized spacial score (nSPS) is 17.2. The summed E-state index contributed by atoms with van der Waals surface area (Å²) in [4.78, 5) is 26.4. The van der Waals surface area contributed by atoms with E-state index < -0.39 is 66.9 Å². The van der Waals surface area contributed by atoms with Crippen LogP contribution in [-0.2, 0) is 11.3 Å². The smallest absolute Gasteiger partial charge is 0.338 e. The van der Waals surface area contributed by atoms with E-state index in [1.807, 2.05) is 0 Å². The summed E-state index contributed by atoms with van der Waals surface area (Å²) in [7, 11) is 0. The predicted molar refractivity (Wildman–Crippen MR) is 125 cm³/mol. The van der Waals surface area contributed by atoms with E-state index in [-0.39, 0.29) is 29.1 Å². The molecular formula is C23H25F6N9O3. The van der Waals surface area contributed by atoms with Crippen molar-refractivity contribution in [2.24, 2.45) is 17.8 Å². The lowest BCUT2D eigenvalue weighted by molar-refractivity contribution is -0.141. The van der Waals surface area contributed by atoms with Crippen molar-refractivity contribution in [1.82, 2.24) is 40.2 Å². The van der Waals surface area contributed by atoms with Crippen molar-refractivity contribution in [3.8, 4) is 0 Å². The minimum atomic E-state index is -4.71. The first-order valence-corrected chi connectivity index (χ1v) is 12.8. The topological polar surface area (TPSA) is 146 Å². The van der Waals surface area contributed by atoms with E-state index in [4.69, 9.17) is 0 Å². The molecule has 2 N–H and O–H groups in total. The molecule has 12 nitrogen and oxygen atoms in total. The third-order valence-electron chi connectivity index (χ3n) is 7.11. The van der Waals surface area contributed by atoms with Gasteiger partial charge in [0.2, 0.25) is 12.3 Å². The average Bonchev–Trinajstić information content (AvgIpc) is 3.78. The predicted octanol–water partition coefficient (Wildman–Crippen LogP) is 3.29. The van der Waals surface area contributed by atoms with Crippen LogP contribution in [0, 0.1) is 30.6 Å². The molecule has 0 unspecified atom stereocenters. The van der Waals surface area contributed by atoms with Crippen molar-refractivity contribution in [2.75, 3.05) is 5.32 Å². The molecule has 5 rings (SSSR count). The lowest BCUT2D eigenvalue weighted by Crippen LogP contribution is -2.50. The second-order valence-corrected chi connectivity index (χ2v) is 10.3. The number of anilines is 1. The molecule has 41 heavy (non-hydrogen) atoms. The number of hydrogen-bond donors (Lipinski definition) is 2. The number of aryl methyl sites for hydroxylation is 1. The molecule has 0 saturated heterocycles. The quantitative estimate of drug-likeness (QED) is 0.306. The molecule has 222 valence electrons. The molecule has 2 fully saturated rings. The molecule has 2 aliphatic carbocycles. The zero-order valence-electron chi connectivity index (χ0n) is 21.5. The van der Waals surface area contributed by atoms with Crippen LogP contribution in [0.2, 0.25) is 0 Å². The Kier molecular flexibility index (Phi) is 7.74. The number of nitrogens with one attached hydrogen (secondary N) is 2. The van der Waals surface area contributed by atoms with Gasteiger partial charge in [0, 0.05) is 6.42 Å². The van der Waals surface area contributed by atoms with Crippen LogP contribution in [0.1, 0.15) is 60.2 Å². The molecule has 3 aromatic heterocycles. The van der Waals surface area contributed by atoms with Gasteiger partial charge in [-0.2, -0.15) is 17.6 Å². The molecule has 0 aromatic carbocycles. The highest BCUT2D eigenvalue weighted by Gasteiger charge is 2.48. The van der Waals surface area contributed by atoms with E-state index in [1.54, 1.807) is 0 Å². The average molecular weight is 590 g/mol. The number of carbonyl (C=O) groups is 2. The molecule has 0 radical (unpaired) electrons. The summed E-state index contributed by atoms with van der Waals surface area (Å²) in [6.45, 7) is -0.0666. The fourth-order valence-electron chi connectivity index (χ4n) is 5.04. The molecule has 0 aliphatic heterocycles. The first-order chi connectivity index (χ1) is 19.4. The standard InChI is InChI=1S/C23H25F6N9O3/c1-10-17(36-41-35-10)21(39)32-18(16(11-2-3-11)12-4-5-12)22(40)31-13-7-38(34-19(13)26)14(6-15(24)25)20-33-30-9-37(20)8-23(27,28)29/h7,9,11-12,14-16,18H,2-6,8H2,1H3,(H,31,40)(H,32,39)/t14-,18-/m0/s1. The van der Waals surface area contributed by atoms with Gasteiger partial charge >= 0.3 is 6.18 Å². The number of nitrogens with zero attached hydrogens (tertiary/aromatic N) is 7. The van der Waals surface area contributed by atoms with Gasteiger partial charge in [-0.25, -0.2) is 13.4 Å². The Morgan fingerprint density at radius 1 is 1.15 bits per heavy atom. The van der Waals surface area contributed by atoms with Crippen molar-refractivity contribution in [1.29, 1.82) is 0 Å². The van der Waals surface area contributed by atoms with Gasteiger partial charge in [-0.05, 0) is 55.5 Å². The van der Waals surface area contributed by atoms with Crippen molar-refractivity contribution < 1.29 is 40.6 Å². The second kappa shape index (κ2) is 11.1. The number of halogens is 6. The Labute approximate surface area is 227 Å². The van der Waals surface area contributed by atoms with Gasteiger partial charge < -0.3 is 15.2 Å². The fraction of sp³-hybridized carbons (Fsp3) is 0.609. The number of amides is 2. The molecule has 0 spiro atoms. The van der Waals surface area contributed by atoms with Gasteiger partial charge in [-0.1, -0.05) is 5.16 Å². The van der Waals surface area contributed by atoms with Gasteiger partial charge in [-0.15, -0.1) is 15.3 Å². The highest BCUT2D eigenvalue weighted by atomic mass is 19.4. The molecule has 0 bridgehead atoms. The van der Waals surface area contributed by atoms with E-state index in [9.17, 15) is 35.9 Å². The number of rotatable bonds is 12.